The standard InChI is InChI=1S/C12H14N4O/c17-12-4-2-1-3-10(12)11-8-16(15-14-11)9-5-6-13-7-9/h1-4,8-9,13,17H,5-7H2. The highest BCUT2D eigenvalue weighted by atomic mass is 16.3. The number of nitrogens with zero attached hydrogens (tertiary/aromatic N) is 3. The largest absolute Gasteiger partial charge is 0.507 e. The Kier molecular flexibility index (Phi) is 2.53. The van der Waals surface area contributed by atoms with Gasteiger partial charge >= 0.3 is 0 Å². The van der Waals surface area contributed by atoms with E-state index in [4.69, 9.17) is 0 Å². The van der Waals surface area contributed by atoms with Gasteiger partial charge in [-0.25, -0.2) is 4.68 Å². The van der Waals surface area contributed by atoms with E-state index < -0.39 is 0 Å². The van der Waals surface area contributed by atoms with E-state index in [-0.39, 0.29) is 5.75 Å². The number of aromatic hydroxyl groups is 1. The van der Waals surface area contributed by atoms with Crippen LogP contribution >= 0.6 is 0 Å². The van der Waals surface area contributed by atoms with Crippen molar-refractivity contribution in [3.63, 3.8) is 0 Å². The van der Waals surface area contributed by atoms with Crippen LogP contribution in [0.3, 0.4) is 0 Å². The molecule has 88 valence electrons. The van der Waals surface area contributed by atoms with E-state index in [1.807, 2.05) is 23.0 Å². The van der Waals surface area contributed by atoms with Crippen molar-refractivity contribution in [1.82, 2.24) is 20.3 Å². The van der Waals surface area contributed by atoms with E-state index in [2.05, 4.69) is 15.6 Å². The maximum Gasteiger partial charge on any atom is 0.125 e. The summed E-state index contributed by atoms with van der Waals surface area (Å²) in [5.74, 6) is 0.240. The van der Waals surface area contributed by atoms with Crippen molar-refractivity contribution in [2.24, 2.45) is 0 Å². The van der Waals surface area contributed by atoms with Gasteiger partial charge in [0.25, 0.3) is 0 Å². The van der Waals surface area contributed by atoms with Gasteiger partial charge < -0.3 is 10.4 Å². The second-order valence-corrected chi connectivity index (χ2v) is 4.25. The maximum atomic E-state index is 9.75. The van der Waals surface area contributed by atoms with Gasteiger partial charge in [0.1, 0.15) is 11.4 Å². The summed E-state index contributed by atoms with van der Waals surface area (Å²) < 4.78 is 1.88. The molecular formula is C12H14N4O. The van der Waals surface area contributed by atoms with Crippen molar-refractivity contribution in [2.75, 3.05) is 13.1 Å². The molecule has 3 rings (SSSR count). The summed E-state index contributed by atoms with van der Waals surface area (Å²) in [4.78, 5) is 0. The Hall–Kier alpha value is -1.88. The summed E-state index contributed by atoms with van der Waals surface area (Å²) in [5, 5.41) is 21.3. The highest BCUT2D eigenvalue weighted by Gasteiger charge is 2.18. The zero-order valence-corrected chi connectivity index (χ0v) is 9.37. The van der Waals surface area contributed by atoms with Crippen LogP contribution in [-0.4, -0.2) is 33.2 Å². The maximum absolute atomic E-state index is 9.75. The number of aromatic nitrogens is 3. The van der Waals surface area contributed by atoms with Crippen molar-refractivity contribution in [3.05, 3.63) is 30.5 Å². The first kappa shape index (κ1) is 10.3. The molecule has 0 aliphatic carbocycles. The predicted octanol–water partition coefficient (Wildman–Crippen LogP) is 1.19. The minimum atomic E-state index is 0.240. The summed E-state index contributed by atoms with van der Waals surface area (Å²) in [6.07, 6.45) is 2.97. The van der Waals surface area contributed by atoms with Gasteiger partial charge in [0.05, 0.1) is 12.2 Å². The lowest BCUT2D eigenvalue weighted by Crippen LogP contribution is -2.13. The number of hydrogen-bond donors (Lipinski definition) is 2. The Balaban J connectivity index is 1.92. The zero-order valence-electron chi connectivity index (χ0n) is 9.37. The third-order valence-corrected chi connectivity index (χ3v) is 3.10. The number of benzene rings is 1. The van der Waals surface area contributed by atoms with Crippen molar-refractivity contribution < 1.29 is 5.11 Å². The molecule has 0 bridgehead atoms. The van der Waals surface area contributed by atoms with Gasteiger partial charge in [0, 0.05) is 12.1 Å². The summed E-state index contributed by atoms with van der Waals surface area (Å²) in [7, 11) is 0. The fraction of sp³-hybridized carbons (Fsp3) is 0.333. The number of phenols is 1. The Morgan fingerprint density at radius 2 is 2.24 bits per heavy atom. The SMILES string of the molecule is Oc1ccccc1-c1cn(C2CCNC2)nn1. The van der Waals surface area contributed by atoms with Gasteiger partial charge in [-0.1, -0.05) is 17.3 Å². The summed E-state index contributed by atoms with van der Waals surface area (Å²) in [6, 6.07) is 7.55. The minimum Gasteiger partial charge on any atom is -0.507 e. The first-order valence-electron chi connectivity index (χ1n) is 5.75. The predicted molar refractivity (Wildman–Crippen MR) is 63.6 cm³/mol. The second-order valence-electron chi connectivity index (χ2n) is 4.25. The van der Waals surface area contributed by atoms with Crippen LogP contribution in [0.4, 0.5) is 0 Å². The second kappa shape index (κ2) is 4.18. The zero-order chi connectivity index (χ0) is 11.7. The lowest BCUT2D eigenvalue weighted by molar-refractivity contribution is 0.476. The van der Waals surface area contributed by atoms with Crippen LogP contribution in [0.1, 0.15) is 12.5 Å². The highest BCUT2D eigenvalue weighted by Crippen LogP contribution is 2.27. The Morgan fingerprint density at radius 1 is 1.35 bits per heavy atom. The van der Waals surface area contributed by atoms with Crippen LogP contribution in [0.2, 0.25) is 0 Å². The van der Waals surface area contributed by atoms with Gasteiger partial charge in [-0.05, 0) is 25.1 Å². The highest BCUT2D eigenvalue weighted by molar-refractivity contribution is 5.65. The third-order valence-electron chi connectivity index (χ3n) is 3.10. The third kappa shape index (κ3) is 1.89. The normalized spacial score (nSPS) is 19.6. The number of para-hydroxylation sites is 1. The van der Waals surface area contributed by atoms with E-state index in [1.165, 1.54) is 0 Å². The molecule has 1 fully saturated rings. The molecular weight excluding hydrogens is 216 g/mol. The quantitative estimate of drug-likeness (QED) is 0.813. The fourth-order valence-corrected chi connectivity index (χ4v) is 2.13. The van der Waals surface area contributed by atoms with E-state index in [0.29, 0.717) is 6.04 Å². The monoisotopic (exact) mass is 230 g/mol. The average Bonchev–Trinajstić information content (AvgIpc) is 3.00. The first-order valence-corrected chi connectivity index (χ1v) is 5.75. The number of phenolic OH excluding ortho intramolecular Hbond substituents is 1. The van der Waals surface area contributed by atoms with Gasteiger partial charge in [-0.3, -0.25) is 0 Å². The van der Waals surface area contributed by atoms with Crippen molar-refractivity contribution in [1.29, 1.82) is 0 Å². The van der Waals surface area contributed by atoms with Crippen LogP contribution in [0.25, 0.3) is 11.3 Å². The molecule has 1 aromatic carbocycles. The Labute approximate surface area is 99.1 Å². The fourth-order valence-electron chi connectivity index (χ4n) is 2.13. The molecule has 1 saturated heterocycles. The Morgan fingerprint density at radius 3 is 3.00 bits per heavy atom. The molecule has 1 unspecified atom stereocenters. The van der Waals surface area contributed by atoms with Crippen molar-refractivity contribution in [3.8, 4) is 17.0 Å². The van der Waals surface area contributed by atoms with Crippen LogP contribution < -0.4 is 5.32 Å². The first-order chi connectivity index (χ1) is 8.34. The molecule has 2 N–H and O–H groups in total. The smallest absolute Gasteiger partial charge is 0.125 e. The lowest BCUT2D eigenvalue weighted by atomic mass is 10.1. The van der Waals surface area contributed by atoms with E-state index >= 15 is 0 Å². The molecule has 2 aromatic rings. The molecule has 1 aromatic heterocycles. The molecule has 5 heteroatoms. The summed E-state index contributed by atoms with van der Waals surface area (Å²) in [6.45, 7) is 1.96. The molecule has 2 heterocycles. The van der Waals surface area contributed by atoms with E-state index in [0.717, 1.165) is 30.8 Å². The molecule has 0 saturated carbocycles. The molecule has 1 aliphatic heterocycles. The topological polar surface area (TPSA) is 63.0 Å². The molecule has 1 aliphatic rings. The average molecular weight is 230 g/mol. The molecule has 0 radical (unpaired) electrons. The molecule has 5 nitrogen and oxygen atoms in total. The van der Waals surface area contributed by atoms with Crippen LogP contribution in [-0.2, 0) is 0 Å². The van der Waals surface area contributed by atoms with Crippen molar-refractivity contribution >= 4 is 0 Å². The van der Waals surface area contributed by atoms with E-state index in [1.54, 1.807) is 12.1 Å². The molecule has 1 atom stereocenters. The number of rotatable bonds is 2. The van der Waals surface area contributed by atoms with Crippen LogP contribution in [0.5, 0.6) is 5.75 Å². The van der Waals surface area contributed by atoms with Gasteiger partial charge in [-0.2, -0.15) is 0 Å². The van der Waals surface area contributed by atoms with Gasteiger partial charge in [0.15, 0.2) is 0 Å². The lowest BCUT2D eigenvalue weighted by Gasteiger charge is -2.06. The number of nitrogens with one attached hydrogen (secondary N) is 1. The Bertz CT molecular complexity index is 517. The minimum absolute atomic E-state index is 0.240. The molecule has 0 spiro atoms. The van der Waals surface area contributed by atoms with E-state index in [9.17, 15) is 5.11 Å². The molecule has 17 heavy (non-hydrogen) atoms. The molecule has 0 amide bonds. The van der Waals surface area contributed by atoms with Crippen LogP contribution in [0.15, 0.2) is 30.5 Å². The summed E-state index contributed by atoms with van der Waals surface area (Å²) in [5.41, 5.74) is 1.44. The van der Waals surface area contributed by atoms with Crippen LogP contribution in [0, 0.1) is 0 Å². The van der Waals surface area contributed by atoms with Gasteiger partial charge in [0.2, 0.25) is 0 Å². The van der Waals surface area contributed by atoms with Gasteiger partial charge in [-0.15, -0.1) is 5.10 Å². The van der Waals surface area contributed by atoms with Crippen molar-refractivity contribution in [2.45, 2.75) is 12.5 Å². The summed E-state index contributed by atoms with van der Waals surface area (Å²) >= 11 is 0. The number of hydrogen-bond acceptors (Lipinski definition) is 4.